The lowest BCUT2D eigenvalue weighted by atomic mass is 10.3. The van der Waals surface area contributed by atoms with Crippen molar-refractivity contribution in [2.24, 2.45) is 0 Å². The number of aromatic nitrogens is 1. The van der Waals surface area contributed by atoms with Gasteiger partial charge in [0, 0.05) is 11.9 Å². The molecule has 1 aromatic heterocycles. The van der Waals surface area contributed by atoms with Crippen LogP contribution in [0.1, 0.15) is 0 Å². The van der Waals surface area contributed by atoms with Crippen LogP contribution in [0.2, 0.25) is 0 Å². The van der Waals surface area contributed by atoms with E-state index in [0.29, 0.717) is 22.9 Å². The predicted octanol–water partition coefficient (Wildman–Crippen LogP) is 3.21. The summed E-state index contributed by atoms with van der Waals surface area (Å²) < 4.78 is 27.3. The van der Waals surface area contributed by atoms with Gasteiger partial charge in [-0.3, -0.25) is 4.72 Å². The van der Waals surface area contributed by atoms with E-state index in [1.165, 1.54) is 0 Å². The molecule has 0 aliphatic carbocycles. The monoisotopic (exact) mass is 340 g/mol. The smallest absolute Gasteiger partial charge is 0.261 e. The van der Waals surface area contributed by atoms with Gasteiger partial charge < -0.3 is 11.1 Å². The fourth-order valence-electron chi connectivity index (χ4n) is 2.13. The van der Waals surface area contributed by atoms with Crippen molar-refractivity contribution in [2.75, 3.05) is 15.8 Å². The normalized spacial score (nSPS) is 11.0. The van der Waals surface area contributed by atoms with Crippen molar-refractivity contribution < 1.29 is 8.42 Å². The van der Waals surface area contributed by atoms with Crippen LogP contribution in [-0.2, 0) is 10.0 Å². The van der Waals surface area contributed by atoms with Gasteiger partial charge in [-0.1, -0.05) is 24.3 Å². The van der Waals surface area contributed by atoms with Crippen molar-refractivity contribution in [3.8, 4) is 0 Å². The van der Waals surface area contributed by atoms with Crippen LogP contribution in [-0.4, -0.2) is 13.4 Å². The first kappa shape index (κ1) is 15.8. The second-order valence-corrected chi connectivity index (χ2v) is 6.75. The molecular formula is C17H16N4O2S. The molecule has 122 valence electrons. The van der Waals surface area contributed by atoms with Gasteiger partial charge in [0.25, 0.3) is 10.0 Å². The number of nitrogens with one attached hydrogen (secondary N) is 2. The molecule has 0 atom stereocenters. The molecule has 0 saturated heterocycles. The Bertz CT molecular complexity index is 944. The SMILES string of the molecule is Nc1cccnc1Nc1cccc(NS(=O)(=O)c2ccccc2)c1. The lowest BCUT2D eigenvalue weighted by molar-refractivity contribution is 0.601. The zero-order chi connectivity index (χ0) is 17.0. The number of rotatable bonds is 5. The molecule has 0 aliphatic rings. The number of nitrogen functional groups attached to an aromatic ring is 1. The van der Waals surface area contributed by atoms with Crippen molar-refractivity contribution in [3.63, 3.8) is 0 Å². The number of benzene rings is 2. The maximum absolute atomic E-state index is 12.4. The van der Waals surface area contributed by atoms with Gasteiger partial charge in [0.2, 0.25) is 0 Å². The van der Waals surface area contributed by atoms with Crippen molar-refractivity contribution in [1.82, 2.24) is 4.98 Å². The Morgan fingerprint density at radius 3 is 2.38 bits per heavy atom. The Kier molecular flexibility index (Phi) is 4.35. The van der Waals surface area contributed by atoms with Crippen LogP contribution in [0, 0.1) is 0 Å². The number of nitrogens with two attached hydrogens (primary N) is 1. The second-order valence-electron chi connectivity index (χ2n) is 5.07. The summed E-state index contributed by atoms with van der Waals surface area (Å²) in [5.41, 5.74) is 7.47. The third-order valence-corrected chi connectivity index (χ3v) is 4.67. The highest BCUT2D eigenvalue weighted by Crippen LogP contribution is 2.23. The molecule has 6 nitrogen and oxygen atoms in total. The van der Waals surface area contributed by atoms with Gasteiger partial charge in [0.15, 0.2) is 5.82 Å². The zero-order valence-corrected chi connectivity index (χ0v) is 13.5. The summed E-state index contributed by atoms with van der Waals surface area (Å²) in [6.45, 7) is 0. The Labute approximate surface area is 140 Å². The molecule has 2 aromatic carbocycles. The van der Waals surface area contributed by atoms with Crippen LogP contribution in [0.4, 0.5) is 22.9 Å². The maximum atomic E-state index is 12.4. The van der Waals surface area contributed by atoms with Gasteiger partial charge in [0.1, 0.15) is 0 Å². The minimum atomic E-state index is -3.63. The summed E-state index contributed by atoms with van der Waals surface area (Å²) in [4.78, 5) is 4.36. The molecule has 7 heteroatoms. The molecule has 0 unspecified atom stereocenters. The Morgan fingerprint density at radius 1 is 0.875 bits per heavy atom. The second kappa shape index (κ2) is 6.59. The molecule has 3 rings (SSSR count). The van der Waals surface area contributed by atoms with Crippen LogP contribution in [0.3, 0.4) is 0 Å². The van der Waals surface area contributed by atoms with Crippen LogP contribution in [0.15, 0.2) is 77.8 Å². The third-order valence-electron chi connectivity index (χ3n) is 3.27. The summed E-state index contributed by atoms with van der Waals surface area (Å²) in [7, 11) is -3.63. The largest absolute Gasteiger partial charge is 0.396 e. The van der Waals surface area contributed by atoms with Crippen molar-refractivity contribution in [2.45, 2.75) is 4.90 Å². The highest BCUT2D eigenvalue weighted by Gasteiger charge is 2.13. The van der Waals surface area contributed by atoms with Crippen LogP contribution in [0.5, 0.6) is 0 Å². The van der Waals surface area contributed by atoms with Gasteiger partial charge in [-0.15, -0.1) is 0 Å². The van der Waals surface area contributed by atoms with E-state index >= 15 is 0 Å². The van der Waals surface area contributed by atoms with Crippen LogP contribution < -0.4 is 15.8 Å². The van der Waals surface area contributed by atoms with E-state index in [-0.39, 0.29) is 4.90 Å². The average Bonchev–Trinajstić information content (AvgIpc) is 2.58. The van der Waals surface area contributed by atoms with Gasteiger partial charge in [-0.05, 0) is 42.5 Å². The van der Waals surface area contributed by atoms with Crippen molar-refractivity contribution in [3.05, 3.63) is 72.9 Å². The average molecular weight is 340 g/mol. The molecule has 0 bridgehead atoms. The van der Waals surface area contributed by atoms with E-state index in [1.54, 1.807) is 72.9 Å². The molecule has 1 heterocycles. The first-order chi connectivity index (χ1) is 11.5. The summed E-state index contributed by atoms with van der Waals surface area (Å²) in [6.07, 6.45) is 1.63. The van der Waals surface area contributed by atoms with E-state index < -0.39 is 10.0 Å². The highest BCUT2D eigenvalue weighted by molar-refractivity contribution is 7.92. The van der Waals surface area contributed by atoms with Crippen LogP contribution in [0.25, 0.3) is 0 Å². The Hall–Kier alpha value is -3.06. The molecule has 0 saturated carbocycles. The van der Waals surface area contributed by atoms with Gasteiger partial charge in [0.05, 0.1) is 16.3 Å². The molecule has 4 N–H and O–H groups in total. The number of hydrogen-bond acceptors (Lipinski definition) is 5. The number of hydrogen-bond donors (Lipinski definition) is 3. The van der Waals surface area contributed by atoms with E-state index in [4.69, 9.17) is 5.73 Å². The van der Waals surface area contributed by atoms with Gasteiger partial charge >= 0.3 is 0 Å². The number of sulfonamides is 1. The summed E-state index contributed by atoms with van der Waals surface area (Å²) in [6, 6.07) is 18.6. The van der Waals surface area contributed by atoms with Gasteiger partial charge in [-0.25, -0.2) is 13.4 Å². The molecule has 0 radical (unpaired) electrons. The van der Waals surface area contributed by atoms with E-state index in [9.17, 15) is 8.42 Å². The fourth-order valence-corrected chi connectivity index (χ4v) is 3.20. The fraction of sp³-hybridized carbons (Fsp3) is 0. The standard InChI is InChI=1S/C17H16N4O2S/c18-16-10-5-11-19-17(16)20-13-6-4-7-14(12-13)21-24(22,23)15-8-2-1-3-9-15/h1-12,21H,18H2,(H,19,20). The quantitative estimate of drug-likeness (QED) is 0.662. The molecule has 0 amide bonds. The van der Waals surface area contributed by atoms with Crippen molar-refractivity contribution in [1.29, 1.82) is 0 Å². The molecule has 0 spiro atoms. The summed E-state index contributed by atoms with van der Waals surface area (Å²) in [5.74, 6) is 0.514. The van der Waals surface area contributed by atoms with E-state index in [2.05, 4.69) is 15.0 Å². The Balaban J connectivity index is 1.82. The lowest BCUT2D eigenvalue weighted by Gasteiger charge is -2.11. The topological polar surface area (TPSA) is 97.1 Å². The zero-order valence-electron chi connectivity index (χ0n) is 12.7. The first-order valence-electron chi connectivity index (χ1n) is 7.20. The third kappa shape index (κ3) is 3.64. The molecule has 3 aromatic rings. The molecular weight excluding hydrogens is 324 g/mol. The van der Waals surface area contributed by atoms with Crippen molar-refractivity contribution >= 4 is 32.9 Å². The highest BCUT2D eigenvalue weighted by atomic mass is 32.2. The number of nitrogens with zero attached hydrogens (tertiary/aromatic N) is 1. The predicted molar refractivity (Wildman–Crippen MR) is 95.6 cm³/mol. The number of pyridine rings is 1. The summed E-state index contributed by atoms with van der Waals surface area (Å²) >= 11 is 0. The summed E-state index contributed by atoms with van der Waals surface area (Å²) in [5, 5.41) is 3.07. The number of anilines is 4. The van der Waals surface area contributed by atoms with E-state index in [1.807, 2.05) is 0 Å². The lowest BCUT2D eigenvalue weighted by Crippen LogP contribution is -2.12. The minimum Gasteiger partial charge on any atom is -0.396 e. The first-order valence-corrected chi connectivity index (χ1v) is 8.68. The van der Waals surface area contributed by atoms with Gasteiger partial charge in [-0.2, -0.15) is 0 Å². The molecule has 0 fully saturated rings. The van der Waals surface area contributed by atoms with Crippen LogP contribution >= 0.6 is 0 Å². The maximum Gasteiger partial charge on any atom is 0.261 e. The molecule has 24 heavy (non-hydrogen) atoms. The Morgan fingerprint density at radius 2 is 1.62 bits per heavy atom. The molecule has 0 aliphatic heterocycles. The minimum absolute atomic E-state index is 0.206. The van der Waals surface area contributed by atoms with E-state index in [0.717, 1.165) is 0 Å².